The van der Waals surface area contributed by atoms with Gasteiger partial charge in [0.15, 0.2) is 0 Å². The van der Waals surface area contributed by atoms with Crippen LogP contribution in [0.2, 0.25) is 0 Å². The van der Waals surface area contributed by atoms with Gasteiger partial charge in [-0.25, -0.2) is 0 Å². The molecule has 11 heavy (non-hydrogen) atoms. The van der Waals surface area contributed by atoms with Crippen LogP contribution in [0.4, 0.5) is 0 Å². The lowest BCUT2D eigenvalue weighted by molar-refractivity contribution is 0.574. The molecular weight excluding hydrogens is 156 g/mol. The summed E-state index contributed by atoms with van der Waals surface area (Å²) in [6, 6.07) is 9.98. The molecule has 1 aromatic heterocycles. The van der Waals surface area contributed by atoms with E-state index >= 15 is 0 Å². The van der Waals surface area contributed by atoms with E-state index in [1.165, 1.54) is 0 Å². The van der Waals surface area contributed by atoms with Gasteiger partial charge in [0.05, 0.1) is 0 Å². The first-order chi connectivity index (χ1) is 5.40. The molecule has 0 amide bonds. The molecule has 2 aromatic rings. The fourth-order valence-electron chi connectivity index (χ4n) is 1.11. The maximum atomic E-state index is 5.44. The number of thiol groups is 1. The lowest BCUT2D eigenvalue weighted by Gasteiger charge is -1.83. The number of rotatable bonds is 1. The highest BCUT2D eigenvalue weighted by Crippen LogP contribution is 2.19. The summed E-state index contributed by atoms with van der Waals surface area (Å²) in [7, 11) is 0. The van der Waals surface area contributed by atoms with Crippen LogP contribution in [0.3, 0.4) is 0 Å². The van der Waals surface area contributed by atoms with Crippen LogP contribution < -0.4 is 0 Å². The highest BCUT2D eigenvalue weighted by molar-refractivity contribution is 7.79. The van der Waals surface area contributed by atoms with Gasteiger partial charge in [0.2, 0.25) is 0 Å². The smallest absolute Gasteiger partial charge is 0.134 e. The van der Waals surface area contributed by atoms with Crippen molar-refractivity contribution >= 4 is 23.6 Å². The van der Waals surface area contributed by atoms with Crippen LogP contribution in [-0.4, -0.2) is 0 Å². The van der Waals surface area contributed by atoms with Gasteiger partial charge in [-0.1, -0.05) is 18.2 Å². The third-order valence-corrected chi connectivity index (χ3v) is 1.94. The molecule has 0 aliphatic heterocycles. The first-order valence-corrected chi connectivity index (χ1v) is 4.12. The zero-order chi connectivity index (χ0) is 7.68. The van der Waals surface area contributed by atoms with Crippen LogP contribution in [0.25, 0.3) is 11.0 Å². The van der Waals surface area contributed by atoms with E-state index in [1.54, 1.807) is 0 Å². The van der Waals surface area contributed by atoms with E-state index in [0.29, 0.717) is 5.75 Å². The Morgan fingerprint density at radius 1 is 1.27 bits per heavy atom. The molecule has 1 heterocycles. The molecule has 0 aliphatic rings. The SMILES string of the molecule is SCc1cc2ccccc2o1. The molecule has 0 unspecified atom stereocenters. The molecule has 0 radical (unpaired) electrons. The predicted molar refractivity (Wildman–Crippen MR) is 48.9 cm³/mol. The van der Waals surface area contributed by atoms with E-state index < -0.39 is 0 Å². The summed E-state index contributed by atoms with van der Waals surface area (Å²) in [6.45, 7) is 0. The summed E-state index contributed by atoms with van der Waals surface area (Å²) in [5, 5.41) is 1.15. The minimum atomic E-state index is 0.661. The number of para-hydroxylation sites is 1. The molecule has 56 valence electrons. The Labute approximate surface area is 70.4 Å². The van der Waals surface area contributed by atoms with E-state index in [2.05, 4.69) is 12.6 Å². The highest BCUT2D eigenvalue weighted by atomic mass is 32.1. The van der Waals surface area contributed by atoms with Gasteiger partial charge in [0.1, 0.15) is 11.3 Å². The van der Waals surface area contributed by atoms with Gasteiger partial charge in [-0.3, -0.25) is 0 Å². The quantitative estimate of drug-likeness (QED) is 0.639. The van der Waals surface area contributed by atoms with E-state index in [9.17, 15) is 0 Å². The Kier molecular flexibility index (Phi) is 1.62. The molecule has 2 rings (SSSR count). The Hall–Kier alpha value is -0.890. The van der Waals surface area contributed by atoms with E-state index in [1.807, 2.05) is 30.3 Å². The van der Waals surface area contributed by atoms with Crippen LogP contribution in [-0.2, 0) is 5.75 Å². The maximum absolute atomic E-state index is 5.44. The number of hydrogen-bond acceptors (Lipinski definition) is 2. The number of furan rings is 1. The van der Waals surface area contributed by atoms with Crippen molar-refractivity contribution in [2.24, 2.45) is 0 Å². The van der Waals surface area contributed by atoms with Crippen molar-refractivity contribution in [1.82, 2.24) is 0 Å². The molecule has 1 nitrogen and oxygen atoms in total. The number of hydrogen-bond donors (Lipinski definition) is 1. The van der Waals surface area contributed by atoms with E-state index in [0.717, 1.165) is 16.7 Å². The van der Waals surface area contributed by atoms with Gasteiger partial charge < -0.3 is 4.42 Å². The maximum Gasteiger partial charge on any atom is 0.134 e. The minimum Gasteiger partial charge on any atom is -0.460 e. The van der Waals surface area contributed by atoms with Crippen molar-refractivity contribution in [2.45, 2.75) is 5.75 Å². The molecular formula is C9H8OS. The van der Waals surface area contributed by atoms with E-state index in [-0.39, 0.29) is 0 Å². The van der Waals surface area contributed by atoms with Gasteiger partial charge in [-0.2, -0.15) is 12.6 Å². The molecule has 0 N–H and O–H groups in total. The van der Waals surface area contributed by atoms with Crippen molar-refractivity contribution in [3.8, 4) is 0 Å². The van der Waals surface area contributed by atoms with Gasteiger partial charge >= 0.3 is 0 Å². The largest absolute Gasteiger partial charge is 0.460 e. The molecule has 1 aromatic carbocycles. The predicted octanol–water partition coefficient (Wildman–Crippen LogP) is 2.86. The second kappa shape index (κ2) is 2.62. The van der Waals surface area contributed by atoms with E-state index in [4.69, 9.17) is 4.42 Å². The van der Waals surface area contributed by atoms with Crippen LogP contribution in [0.5, 0.6) is 0 Å². The van der Waals surface area contributed by atoms with Gasteiger partial charge in [0, 0.05) is 11.1 Å². The summed E-state index contributed by atoms with van der Waals surface area (Å²) in [5.41, 5.74) is 0.941. The standard InChI is InChI=1S/C9H8OS/c11-6-8-5-7-3-1-2-4-9(7)10-8/h1-5,11H,6H2. The summed E-state index contributed by atoms with van der Waals surface area (Å²) in [6.07, 6.45) is 0. The monoisotopic (exact) mass is 164 g/mol. The van der Waals surface area contributed by atoms with Crippen LogP contribution in [0, 0.1) is 0 Å². The Morgan fingerprint density at radius 2 is 2.09 bits per heavy atom. The molecule has 0 fully saturated rings. The topological polar surface area (TPSA) is 13.1 Å². The Balaban J connectivity index is 2.69. The lowest BCUT2D eigenvalue weighted by Crippen LogP contribution is -1.63. The normalized spacial score (nSPS) is 10.6. The van der Waals surface area contributed by atoms with Gasteiger partial charge in [-0.15, -0.1) is 0 Å². The lowest BCUT2D eigenvalue weighted by atomic mass is 10.2. The van der Waals surface area contributed by atoms with Crippen molar-refractivity contribution in [3.05, 3.63) is 36.1 Å². The number of fused-ring (bicyclic) bond motifs is 1. The van der Waals surface area contributed by atoms with Crippen LogP contribution in [0.1, 0.15) is 5.76 Å². The van der Waals surface area contributed by atoms with Gasteiger partial charge in [-0.05, 0) is 12.1 Å². The average Bonchev–Trinajstić information content (AvgIpc) is 2.46. The molecule has 0 aliphatic carbocycles. The fourth-order valence-corrected chi connectivity index (χ4v) is 1.27. The molecule has 0 saturated carbocycles. The average molecular weight is 164 g/mol. The van der Waals surface area contributed by atoms with Crippen LogP contribution in [0.15, 0.2) is 34.7 Å². The second-order valence-corrected chi connectivity index (χ2v) is 2.72. The summed E-state index contributed by atoms with van der Waals surface area (Å²) in [5.74, 6) is 1.59. The Bertz CT molecular complexity index is 331. The minimum absolute atomic E-state index is 0.661. The Morgan fingerprint density at radius 3 is 2.82 bits per heavy atom. The summed E-state index contributed by atoms with van der Waals surface area (Å²) in [4.78, 5) is 0. The van der Waals surface area contributed by atoms with Crippen molar-refractivity contribution in [1.29, 1.82) is 0 Å². The third-order valence-electron chi connectivity index (χ3n) is 1.63. The summed E-state index contributed by atoms with van der Waals surface area (Å²) >= 11 is 4.13. The van der Waals surface area contributed by atoms with Crippen molar-refractivity contribution in [3.63, 3.8) is 0 Å². The molecule has 0 bridgehead atoms. The van der Waals surface area contributed by atoms with Crippen molar-refractivity contribution in [2.75, 3.05) is 0 Å². The molecule has 0 atom stereocenters. The molecule has 2 heteroatoms. The fraction of sp³-hybridized carbons (Fsp3) is 0.111. The van der Waals surface area contributed by atoms with Crippen LogP contribution >= 0.6 is 12.6 Å². The first-order valence-electron chi connectivity index (χ1n) is 3.48. The molecule has 0 spiro atoms. The first kappa shape index (κ1) is 6.80. The highest BCUT2D eigenvalue weighted by Gasteiger charge is 1.98. The van der Waals surface area contributed by atoms with Crippen molar-refractivity contribution < 1.29 is 4.42 Å². The second-order valence-electron chi connectivity index (χ2n) is 2.41. The zero-order valence-corrected chi connectivity index (χ0v) is 6.84. The summed E-state index contributed by atoms with van der Waals surface area (Å²) < 4.78 is 5.44. The third kappa shape index (κ3) is 1.14. The molecule has 0 saturated heterocycles. The zero-order valence-electron chi connectivity index (χ0n) is 5.95. The number of benzene rings is 1. The van der Waals surface area contributed by atoms with Gasteiger partial charge in [0.25, 0.3) is 0 Å².